The highest BCUT2D eigenvalue weighted by molar-refractivity contribution is 6.00. The van der Waals surface area contributed by atoms with Crippen molar-refractivity contribution in [1.29, 1.82) is 0 Å². The van der Waals surface area contributed by atoms with Crippen molar-refractivity contribution in [3.05, 3.63) is 54.4 Å². The maximum Gasteiger partial charge on any atom is 0.340 e. The van der Waals surface area contributed by atoms with E-state index >= 15 is 0 Å². The molecule has 5 nitrogen and oxygen atoms in total. The summed E-state index contributed by atoms with van der Waals surface area (Å²) in [5.74, 6) is 0.241. The molecule has 116 valence electrons. The van der Waals surface area contributed by atoms with E-state index in [4.69, 9.17) is 9.47 Å². The fraction of sp³-hybridized carbons (Fsp3) is 0.167. The summed E-state index contributed by atoms with van der Waals surface area (Å²) >= 11 is 0. The number of benzene rings is 1. The minimum atomic E-state index is -0.411. The van der Waals surface area contributed by atoms with Crippen molar-refractivity contribution in [2.45, 2.75) is 6.92 Å². The van der Waals surface area contributed by atoms with Crippen molar-refractivity contribution in [2.24, 2.45) is 0 Å². The van der Waals surface area contributed by atoms with Crippen LogP contribution in [0.25, 0.3) is 22.2 Å². The number of fused-ring (bicyclic) bond motifs is 1. The van der Waals surface area contributed by atoms with Crippen molar-refractivity contribution < 1.29 is 14.3 Å². The number of rotatable bonds is 4. The van der Waals surface area contributed by atoms with Gasteiger partial charge in [0.15, 0.2) is 0 Å². The van der Waals surface area contributed by atoms with Gasteiger partial charge in [0.25, 0.3) is 0 Å². The highest BCUT2D eigenvalue weighted by atomic mass is 16.5. The molecule has 0 aliphatic carbocycles. The zero-order valence-corrected chi connectivity index (χ0v) is 12.9. The monoisotopic (exact) mass is 308 g/mol. The van der Waals surface area contributed by atoms with Crippen molar-refractivity contribution in [3.8, 4) is 17.0 Å². The number of ether oxygens (including phenoxy) is 2. The fourth-order valence-electron chi connectivity index (χ4n) is 2.43. The van der Waals surface area contributed by atoms with Crippen LogP contribution in [-0.2, 0) is 4.74 Å². The summed E-state index contributed by atoms with van der Waals surface area (Å²) in [6.45, 7) is 2.08. The lowest BCUT2D eigenvalue weighted by atomic mass is 10.0. The van der Waals surface area contributed by atoms with Crippen LogP contribution < -0.4 is 4.74 Å². The first-order valence-electron chi connectivity index (χ1n) is 7.30. The smallest absolute Gasteiger partial charge is 0.340 e. The number of hydrogen-bond acceptors (Lipinski definition) is 5. The number of pyridine rings is 2. The van der Waals surface area contributed by atoms with E-state index in [9.17, 15) is 4.79 Å². The summed E-state index contributed by atoms with van der Waals surface area (Å²) in [7, 11) is 1.59. The topological polar surface area (TPSA) is 61.3 Å². The van der Waals surface area contributed by atoms with Gasteiger partial charge in [-0.3, -0.25) is 4.98 Å². The second-order valence-electron chi connectivity index (χ2n) is 4.87. The lowest BCUT2D eigenvalue weighted by Crippen LogP contribution is -2.08. The highest BCUT2D eigenvalue weighted by Gasteiger charge is 2.19. The molecule has 0 unspecified atom stereocenters. The largest absolute Gasteiger partial charge is 0.496 e. The van der Waals surface area contributed by atoms with Gasteiger partial charge in [-0.2, -0.15) is 0 Å². The highest BCUT2D eigenvalue weighted by Crippen LogP contribution is 2.32. The Hall–Kier alpha value is -2.95. The Kier molecular flexibility index (Phi) is 4.19. The maximum atomic E-state index is 12.4. The summed E-state index contributed by atoms with van der Waals surface area (Å²) in [4.78, 5) is 21.1. The molecule has 0 aliphatic rings. The van der Waals surface area contributed by atoms with Crippen molar-refractivity contribution in [1.82, 2.24) is 9.97 Å². The second kappa shape index (κ2) is 6.44. The lowest BCUT2D eigenvalue weighted by Gasteiger charge is -2.12. The van der Waals surface area contributed by atoms with E-state index in [1.165, 1.54) is 0 Å². The van der Waals surface area contributed by atoms with Gasteiger partial charge in [-0.15, -0.1) is 0 Å². The zero-order valence-electron chi connectivity index (χ0n) is 12.9. The fourth-order valence-corrected chi connectivity index (χ4v) is 2.43. The van der Waals surface area contributed by atoms with Crippen LogP contribution in [0, 0.1) is 0 Å². The van der Waals surface area contributed by atoms with Crippen molar-refractivity contribution >= 4 is 16.9 Å². The molecule has 0 amide bonds. The third-order valence-electron chi connectivity index (χ3n) is 3.47. The van der Waals surface area contributed by atoms with Gasteiger partial charge < -0.3 is 9.47 Å². The Morgan fingerprint density at radius 3 is 2.83 bits per heavy atom. The van der Waals surface area contributed by atoms with Gasteiger partial charge in [0.2, 0.25) is 0 Å². The van der Waals surface area contributed by atoms with Crippen LogP contribution >= 0.6 is 0 Å². The van der Waals surface area contributed by atoms with Gasteiger partial charge in [-0.25, -0.2) is 9.78 Å². The Labute approximate surface area is 133 Å². The first-order chi connectivity index (χ1) is 11.2. The molecule has 0 N–H and O–H groups in total. The van der Waals surface area contributed by atoms with E-state index in [-0.39, 0.29) is 0 Å². The van der Waals surface area contributed by atoms with Crippen molar-refractivity contribution in [2.75, 3.05) is 13.7 Å². The van der Waals surface area contributed by atoms with Gasteiger partial charge in [0.05, 0.1) is 30.5 Å². The van der Waals surface area contributed by atoms with Crippen LogP contribution in [0.3, 0.4) is 0 Å². The molecule has 0 saturated carbocycles. The molecule has 0 radical (unpaired) electrons. The molecule has 2 heterocycles. The number of carbonyl (C=O) groups is 1. The Morgan fingerprint density at radius 1 is 1.22 bits per heavy atom. The number of carbonyl (C=O) groups excluding carboxylic acids is 1. The normalized spacial score (nSPS) is 10.5. The van der Waals surface area contributed by atoms with E-state index in [1.807, 2.05) is 30.3 Å². The molecule has 1 aromatic carbocycles. The van der Waals surface area contributed by atoms with E-state index in [0.717, 1.165) is 16.5 Å². The van der Waals surface area contributed by atoms with Crippen LogP contribution in [0.15, 0.2) is 48.8 Å². The lowest BCUT2D eigenvalue weighted by molar-refractivity contribution is 0.0527. The summed E-state index contributed by atoms with van der Waals surface area (Å²) in [5.41, 5.74) is 2.45. The van der Waals surface area contributed by atoms with E-state index < -0.39 is 5.97 Å². The number of nitrogens with zero attached hydrogens (tertiary/aromatic N) is 2. The van der Waals surface area contributed by atoms with Crippen LogP contribution in [0.2, 0.25) is 0 Å². The molecule has 0 spiro atoms. The summed E-state index contributed by atoms with van der Waals surface area (Å²) in [5, 5.41) is 0.786. The third kappa shape index (κ3) is 2.85. The van der Waals surface area contributed by atoms with Crippen molar-refractivity contribution in [3.63, 3.8) is 0 Å². The van der Waals surface area contributed by atoms with Crippen LogP contribution in [-0.4, -0.2) is 29.7 Å². The molecule has 0 atom stereocenters. The van der Waals surface area contributed by atoms with Crippen LogP contribution in [0.1, 0.15) is 17.3 Å². The number of hydrogen-bond donors (Lipinski definition) is 0. The average Bonchev–Trinajstić information content (AvgIpc) is 2.60. The van der Waals surface area contributed by atoms with Gasteiger partial charge in [-0.05, 0) is 31.2 Å². The predicted molar refractivity (Wildman–Crippen MR) is 87.5 cm³/mol. The molecule has 2 aromatic heterocycles. The second-order valence-corrected chi connectivity index (χ2v) is 4.87. The number of para-hydroxylation sites is 1. The summed E-state index contributed by atoms with van der Waals surface area (Å²) < 4.78 is 10.6. The molecule has 23 heavy (non-hydrogen) atoms. The molecule has 3 aromatic rings. The first kappa shape index (κ1) is 15.0. The van der Waals surface area contributed by atoms with Gasteiger partial charge >= 0.3 is 5.97 Å². The molecule has 0 aliphatic heterocycles. The number of aromatic nitrogens is 2. The number of methoxy groups -OCH3 is 1. The third-order valence-corrected chi connectivity index (χ3v) is 3.47. The minimum absolute atomic E-state index is 0.301. The standard InChI is InChI=1S/C18H16N2O3/c1-3-23-18(21)14-10-12-11-19-9-8-15(12)20-17(14)13-6-4-5-7-16(13)22-2/h4-11H,3H2,1-2H3. The Morgan fingerprint density at radius 2 is 2.04 bits per heavy atom. The molecule has 0 saturated heterocycles. The summed E-state index contributed by atoms with van der Waals surface area (Å²) in [6.07, 6.45) is 3.35. The van der Waals surface area contributed by atoms with Gasteiger partial charge in [0.1, 0.15) is 5.75 Å². The molecular weight excluding hydrogens is 292 g/mol. The Bertz CT molecular complexity index is 862. The molecule has 0 bridgehead atoms. The molecular formula is C18H16N2O3. The average molecular weight is 308 g/mol. The van der Waals surface area contributed by atoms with Crippen LogP contribution in [0.5, 0.6) is 5.75 Å². The predicted octanol–water partition coefficient (Wildman–Crippen LogP) is 3.48. The van der Waals surface area contributed by atoms with E-state index in [0.29, 0.717) is 23.6 Å². The SMILES string of the molecule is CCOC(=O)c1cc2cnccc2nc1-c1ccccc1OC. The number of esters is 1. The zero-order chi connectivity index (χ0) is 16.2. The maximum absolute atomic E-state index is 12.4. The summed E-state index contributed by atoms with van der Waals surface area (Å²) in [6, 6.07) is 11.0. The van der Waals surface area contributed by atoms with Crippen LogP contribution in [0.4, 0.5) is 0 Å². The first-order valence-corrected chi connectivity index (χ1v) is 7.30. The molecule has 3 rings (SSSR count). The van der Waals surface area contributed by atoms with Gasteiger partial charge in [-0.1, -0.05) is 12.1 Å². The molecule has 0 fully saturated rings. The van der Waals surface area contributed by atoms with E-state index in [1.54, 1.807) is 32.5 Å². The van der Waals surface area contributed by atoms with E-state index in [2.05, 4.69) is 9.97 Å². The Balaban J connectivity index is 2.28. The quantitative estimate of drug-likeness (QED) is 0.690. The molecule has 5 heteroatoms. The minimum Gasteiger partial charge on any atom is -0.496 e. The van der Waals surface area contributed by atoms with Gasteiger partial charge in [0, 0.05) is 23.3 Å².